The smallest absolute Gasteiger partial charge is 0.262 e. The Morgan fingerprint density at radius 3 is 2.59 bits per heavy atom. The highest BCUT2D eigenvalue weighted by atomic mass is 19.1. The van der Waals surface area contributed by atoms with E-state index in [1.54, 1.807) is 36.4 Å². The van der Waals surface area contributed by atoms with Gasteiger partial charge < -0.3 is 14.8 Å². The highest BCUT2D eigenvalue weighted by Gasteiger charge is 2.24. The second-order valence-corrected chi connectivity index (χ2v) is 8.07. The molecule has 1 amide bonds. The van der Waals surface area contributed by atoms with Crippen molar-refractivity contribution in [1.29, 1.82) is 5.26 Å². The number of carbonyl (C=O) groups is 1. The zero-order valence-corrected chi connectivity index (χ0v) is 18.6. The van der Waals surface area contributed by atoms with Crippen molar-refractivity contribution in [2.45, 2.75) is 52.2 Å². The Bertz CT molecular complexity index is 995. The minimum absolute atomic E-state index is 0.0604. The molecule has 0 aromatic heterocycles. The van der Waals surface area contributed by atoms with Crippen LogP contribution in [0.15, 0.2) is 48.0 Å². The van der Waals surface area contributed by atoms with E-state index in [1.807, 2.05) is 13.0 Å². The molecule has 3 rings (SSSR count). The third-order valence-electron chi connectivity index (χ3n) is 5.68. The quantitative estimate of drug-likeness (QED) is 0.444. The van der Waals surface area contributed by atoms with Crippen LogP contribution in [0.5, 0.6) is 11.5 Å². The van der Waals surface area contributed by atoms with Gasteiger partial charge in [0.15, 0.2) is 11.5 Å². The van der Waals surface area contributed by atoms with Crippen LogP contribution in [-0.2, 0) is 11.4 Å². The van der Waals surface area contributed by atoms with E-state index in [2.05, 4.69) is 12.2 Å². The molecule has 1 N–H and O–H groups in total. The molecule has 0 radical (unpaired) electrons. The fourth-order valence-electron chi connectivity index (χ4n) is 3.84. The van der Waals surface area contributed by atoms with Crippen LogP contribution in [0.3, 0.4) is 0 Å². The maximum atomic E-state index is 13.1. The minimum Gasteiger partial charge on any atom is -0.490 e. The van der Waals surface area contributed by atoms with E-state index in [1.165, 1.54) is 18.6 Å². The number of benzene rings is 2. The molecule has 168 valence electrons. The fraction of sp³-hybridized carbons (Fsp3) is 0.385. The van der Waals surface area contributed by atoms with Gasteiger partial charge in [-0.15, -0.1) is 0 Å². The summed E-state index contributed by atoms with van der Waals surface area (Å²) >= 11 is 0. The Morgan fingerprint density at radius 2 is 1.91 bits per heavy atom. The number of nitrogens with zero attached hydrogens (tertiary/aromatic N) is 1. The molecule has 1 fully saturated rings. The summed E-state index contributed by atoms with van der Waals surface area (Å²) in [7, 11) is 0. The van der Waals surface area contributed by atoms with Gasteiger partial charge >= 0.3 is 0 Å². The van der Waals surface area contributed by atoms with Crippen LogP contribution < -0.4 is 14.8 Å². The lowest BCUT2D eigenvalue weighted by Crippen LogP contribution is -2.41. The molecule has 6 heteroatoms. The molecule has 2 aromatic rings. The van der Waals surface area contributed by atoms with E-state index in [-0.39, 0.29) is 29.9 Å². The molecule has 1 saturated carbocycles. The molecule has 1 aliphatic rings. The largest absolute Gasteiger partial charge is 0.490 e. The average Bonchev–Trinajstić information content (AvgIpc) is 2.79. The van der Waals surface area contributed by atoms with Crippen LogP contribution in [0.1, 0.15) is 50.7 Å². The van der Waals surface area contributed by atoms with Crippen LogP contribution >= 0.6 is 0 Å². The average molecular weight is 437 g/mol. The Hall–Kier alpha value is -3.33. The molecule has 0 aliphatic heterocycles. The number of amides is 1. The molecule has 2 atom stereocenters. The first kappa shape index (κ1) is 23.3. The van der Waals surface area contributed by atoms with Gasteiger partial charge in [-0.3, -0.25) is 4.79 Å². The van der Waals surface area contributed by atoms with Crippen molar-refractivity contribution in [3.05, 3.63) is 65.0 Å². The maximum Gasteiger partial charge on any atom is 0.262 e. The van der Waals surface area contributed by atoms with Gasteiger partial charge in [-0.05, 0) is 67.2 Å². The molecule has 0 spiro atoms. The number of hydrogen-bond acceptors (Lipinski definition) is 4. The molecular formula is C26H29FN2O3. The van der Waals surface area contributed by atoms with Crippen molar-refractivity contribution < 1.29 is 18.7 Å². The Kier molecular flexibility index (Phi) is 8.27. The lowest BCUT2D eigenvalue weighted by Gasteiger charge is -2.29. The number of nitrogens with one attached hydrogen (secondary N) is 1. The van der Waals surface area contributed by atoms with Gasteiger partial charge in [-0.25, -0.2) is 4.39 Å². The molecule has 1 aliphatic carbocycles. The lowest BCUT2D eigenvalue weighted by atomic mass is 9.86. The number of rotatable bonds is 8. The van der Waals surface area contributed by atoms with Gasteiger partial charge in [0.2, 0.25) is 0 Å². The SMILES string of the molecule is CCOc1cc(/C=C(\C#N)C(=O)N[C@@H]2CCCC[C@H]2C)ccc1OCc1ccc(F)cc1. The number of ether oxygens (including phenoxy) is 2. The Balaban J connectivity index is 1.73. The van der Waals surface area contributed by atoms with E-state index in [0.717, 1.165) is 24.8 Å². The first-order valence-corrected chi connectivity index (χ1v) is 11.1. The van der Waals surface area contributed by atoms with Crippen LogP contribution in [0, 0.1) is 23.1 Å². The van der Waals surface area contributed by atoms with Gasteiger partial charge in [-0.1, -0.05) is 38.0 Å². The summed E-state index contributed by atoms with van der Waals surface area (Å²) in [6.45, 7) is 4.71. The molecule has 2 aromatic carbocycles. The molecule has 0 saturated heterocycles. The number of halogens is 1. The first-order valence-electron chi connectivity index (χ1n) is 11.1. The molecule has 32 heavy (non-hydrogen) atoms. The van der Waals surface area contributed by atoms with Crippen molar-refractivity contribution in [1.82, 2.24) is 5.32 Å². The molecule has 0 heterocycles. The van der Waals surface area contributed by atoms with Crippen LogP contribution in [0.2, 0.25) is 0 Å². The van der Waals surface area contributed by atoms with Crippen molar-refractivity contribution in [2.75, 3.05) is 6.61 Å². The van der Waals surface area contributed by atoms with Crippen molar-refractivity contribution >= 4 is 12.0 Å². The van der Waals surface area contributed by atoms with Crippen LogP contribution in [-0.4, -0.2) is 18.6 Å². The van der Waals surface area contributed by atoms with E-state index < -0.39 is 0 Å². The van der Waals surface area contributed by atoms with Gasteiger partial charge in [0.25, 0.3) is 5.91 Å². The topological polar surface area (TPSA) is 71.3 Å². The lowest BCUT2D eigenvalue weighted by molar-refractivity contribution is -0.118. The third-order valence-corrected chi connectivity index (χ3v) is 5.68. The Labute approximate surface area is 188 Å². The second kappa shape index (κ2) is 11.3. The van der Waals surface area contributed by atoms with E-state index in [4.69, 9.17) is 9.47 Å². The summed E-state index contributed by atoms with van der Waals surface area (Å²) in [6, 6.07) is 13.5. The first-order chi connectivity index (χ1) is 15.5. The number of nitriles is 1. The van der Waals surface area contributed by atoms with Crippen LogP contribution in [0.25, 0.3) is 6.08 Å². The van der Waals surface area contributed by atoms with E-state index in [9.17, 15) is 14.4 Å². The number of carbonyl (C=O) groups excluding carboxylic acids is 1. The monoisotopic (exact) mass is 436 g/mol. The van der Waals surface area contributed by atoms with Gasteiger partial charge in [-0.2, -0.15) is 5.26 Å². The Morgan fingerprint density at radius 1 is 1.16 bits per heavy atom. The highest BCUT2D eigenvalue weighted by molar-refractivity contribution is 6.01. The maximum absolute atomic E-state index is 13.1. The van der Waals surface area contributed by atoms with Crippen molar-refractivity contribution in [3.8, 4) is 17.6 Å². The molecule has 5 nitrogen and oxygen atoms in total. The predicted octanol–water partition coefficient (Wildman–Crippen LogP) is 5.41. The summed E-state index contributed by atoms with van der Waals surface area (Å²) in [4.78, 5) is 12.7. The number of hydrogen-bond donors (Lipinski definition) is 1. The molecule has 0 bridgehead atoms. The third kappa shape index (κ3) is 6.34. The predicted molar refractivity (Wildman–Crippen MR) is 121 cm³/mol. The van der Waals surface area contributed by atoms with Crippen LogP contribution in [0.4, 0.5) is 4.39 Å². The van der Waals surface area contributed by atoms with Gasteiger partial charge in [0.05, 0.1) is 6.61 Å². The zero-order chi connectivity index (χ0) is 22.9. The van der Waals surface area contributed by atoms with E-state index >= 15 is 0 Å². The highest BCUT2D eigenvalue weighted by Crippen LogP contribution is 2.30. The van der Waals surface area contributed by atoms with Gasteiger partial charge in [0, 0.05) is 6.04 Å². The summed E-state index contributed by atoms with van der Waals surface area (Å²) in [5.41, 5.74) is 1.56. The summed E-state index contributed by atoms with van der Waals surface area (Å²) < 4.78 is 24.6. The van der Waals surface area contributed by atoms with Gasteiger partial charge in [0.1, 0.15) is 24.1 Å². The van der Waals surface area contributed by atoms with E-state index in [0.29, 0.717) is 29.6 Å². The minimum atomic E-state index is -0.346. The standard InChI is InChI=1S/C26H29FN2O3/c1-3-31-25-15-20(10-13-24(25)32-17-19-8-11-22(27)12-9-19)14-21(16-28)26(30)29-23-7-5-4-6-18(23)2/h8-15,18,23H,3-7,17H2,1-2H3,(H,29,30)/b21-14+/t18-,23-/m1/s1. The summed E-state index contributed by atoms with van der Waals surface area (Å²) in [6.07, 6.45) is 5.88. The fourth-order valence-corrected chi connectivity index (χ4v) is 3.84. The van der Waals surface area contributed by atoms with Crippen molar-refractivity contribution in [2.24, 2.45) is 5.92 Å². The van der Waals surface area contributed by atoms with Crippen molar-refractivity contribution in [3.63, 3.8) is 0 Å². The second-order valence-electron chi connectivity index (χ2n) is 8.07. The molecule has 0 unspecified atom stereocenters. The zero-order valence-electron chi connectivity index (χ0n) is 18.6. The normalized spacial score (nSPS) is 18.5. The summed E-state index contributed by atoms with van der Waals surface area (Å²) in [5.74, 6) is 0.819. The molecular weight excluding hydrogens is 407 g/mol. The summed E-state index contributed by atoms with van der Waals surface area (Å²) in [5, 5.41) is 12.6.